The van der Waals surface area contributed by atoms with Gasteiger partial charge in [-0.3, -0.25) is 4.79 Å². The highest BCUT2D eigenvalue weighted by atomic mass is 79.9. The predicted octanol–water partition coefficient (Wildman–Crippen LogP) is 4.42. The minimum atomic E-state index is -4.59. The Kier molecular flexibility index (Phi) is 4.32. The Bertz CT molecular complexity index is 686. The van der Waals surface area contributed by atoms with Crippen LogP contribution in [0.3, 0.4) is 0 Å². The second-order valence-corrected chi connectivity index (χ2v) is 5.17. The number of rotatable bonds is 2. The number of hydrogen-bond acceptors (Lipinski definition) is 2. The van der Waals surface area contributed by atoms with Gasteiger partial charge in [0.15, 0.2) is 0 Å². The van der Waals surface area contributed by atoms with E-state index >= 15 is 0 Å². The van der Waals surface area contributed by atoms with Gasteiger partial charge in [0.25, 0.3) is 5.91 Å². The van der Waals surface area contributed by atoms with E-state index in [-0.39, 0.29) is 5.82 Å². The molecule has 110 valence electrons. The second kappa shape index (κ2) is 5.85. The molecular formula is C14H10BrF3N2O. The number of benzene rings is 1. The molecule has 0 fully saturated rings. The molecule has 0 radical (unpaired) electrons. The van der Waals surface area contributed by atoms with E-state index < -0.39 is 23.2 Å². The van der Waals surface area contributed by atoms with Crippen molar-refractivity contribution in [2.75, 3.05) is 5.32 Å². The van der Waals surface area contributed by atoms with E-state index in [1.54, 1.807) is 13.0 Å². The van der Waals surface area contributed by atoms with Crippen LogP contribution in [0.15, 0.2) is 41.0 Å². The van der Waals surface area contributed by atoms with Gasteiger partial charge in [0.1, 0.15) is 5.82 Å². The molecule has 1 heterocycles. The summed E-state index contributed by atoms with van der Waals surface area (Å²) >= 11 is 3.25. The van der Waals surface area contributed by atoms with Crippen LogP contribution < -0.4 is 5.32 Å². The quantitative estimate of drug-likeness (QED) is 0.862. The van der Waals surface area contributed by atoms with Crippen LogP contribution in [-0.4, -0.2) is 10.9 Å². The number of carbonyl (C=O) groups excluding carboxylic acids is 1. The number of anilines is 1. The lowest BCUT2D eigenvalue weighted by atomic mass is 10.1. The van der Waals surface area contributed by atoms with Gasteiger partial charge in [0, 0.05) is 10.7 Å². The highest BCUT2D eigenvalue weighted by molar-refractivity contribution is 9.10. The summed E-state index contributed by atoms with van der Waals surface area (Å²) in [5.41, 5.74) is -0.604. The van der Waals surface area contributed by atoms with Crippen molar-refractivity contribution < 1.29 is 18.0 Å². The van der Waals surface area contributed by atoms with Crippen LogP contribution in [0.25, 0.3) is 0 Å². The summed E-state index contributed by atoms with van der Waals surface area (Å²) < 4.78 is 39.3. The van der Waals surface area contributed by atoms with Crippen molar-refractivity contribution in [3.05, 3.63) is 57.7 Å². The Morgan fingerprint density at radius 3 is 2.57 bits per heavy atom. The SMILES string of the molecule is Cc1cc(NC(=O)c2ccccc2C(F)(F)F)ncc1Br. The zero-order valence-electron chi connectivity index (χ0n) is 10.8. The summed E-state index contributed by atoms with van der Waals surface area (Å²) in [7, 11) is 0. The van der Waals surface area contributed by atoms with Crippen LogP contribution >= 0.6 is 15.9 Å². The summed E-state index contributed by atoms with van der Waals surface area (Å²) in [5.74, 6) is -0.658. The number of aromatic nitrogens is 1. The van der Waals surface area contributed by atoms with Crippen molar-refractivity contribution in [3.8, 4) is 0 Å². The fourth-order valence-electron chi connectivity index (χ4n) is 1.72. The molecule has 0 saturated carbocycles. The summed E-state index contributed by atoms with van der Waals surface area (Å²) in [5, 5.41) is 2.37. The average Bonchev–Trinajstić information content (AvgIpc) is 2.42. The largest absolute Gasteiger partial charge is 0.417 e. The molecule has 1 aromatic heterocycles. The van der Waals surface area contributed by atoms with Crippen molar-refractivity contribution in [3.63, 3.8) is 0 Å². The molecule has 0 atom stereocenters. The molecule has 21 heavy (non-hydrogen) atoms. The standard InChI is InChI=1S/C14H10BrF3N2O/c1-8-6-12(19-7-11(8)15)20-13(21)9-4-2-3-5-10(9)14(16,17)18/h2-7H,1H3,(H,19,20,21). The molecular weight excluding hydrogens is 349 g/mol. The maximum atomic E-state index is 12.9. The van der Waals surface area contributed by atoms with Crippen LogP contribution in [-0.2, 0) is 6.18 Å². The summed E-state index contributed by atoms with van der Waals surface area (Å²) in [6.07, 6.45) is -3.11. The highest BCUT2D eigenvalue weighted by Gasteiger charge is 2.34. The molecule has 1 aromatic carbocycles. The molecule has 0 bridgehead atoms. The molecule has 1 N–H and O–H groups in total. The zero-order valence-corrected chi connectivity index (χ0v) is 12.4. The van der Waals surface area contributed by atoms with E-state index in [0.717, 1.165) is 22.2 Å². The Balaban J connectivity index is 2.31. The molecule has 0 saturated heterocycles. The smallest absolute Gasteiger partial charge is 0.307 e. The minimum Gasteiger partial charge on any atom is -0.307 e. The molecule has 0 aliphatic carbocycles. The van der Waals surface area contributed by atoms with E-state index in [1.165, 1.54) is 18.3 Å². The third-order valence-electron chi connectivity index (χ3n) is 2.77. The zero-order chi connectivity index (χ0) is 15.6. The maximum absolute atomic E-state index is 12.9. The Hall–Kier alpha value is -1.89. The van der Waals surface area contributed by atoms with E-state index in [0.29, 0.717) is 0 Å². The Morgan fingerprint density at radius 1 is 1.29 bits per heavy atom. The second-order valence-electron chi connectivity index (χ2n) is 4.32. The van der Waals surface area contributed by atoms with Gasteiger partial charge in [-0.2, -0.15) is 13.2 Å². The molecule has 2 aromatic rings. The predicted molar refractivity (Wildman–Crippen MR) is 76.1 cm³/mol. The summed E-state index contributed by atoms with van der Waals surface area (Å²) in [4.78, 5) is 16.0. The van der Waals surface area contributed by atoms with Crippen molar-refractivity contribution >= 4 is 27.7 Å². The van der Waals surface area contributed by atoms with Crippen molar-refractivity contribution in [1.29, 1.82) is 0 Å². The fraction of sp³-hybridized carbons (Fsp3) is 0.143. The van der Waals surface area contributed by atoms with Gasteiger partial charge in [0.2, 0.25) is 0 Å². The van der Waals surface area contributed by atoms with Crippen LogP contribution in [0.4, 0.5) is 19.0 Å². The van der Waals surface area contributed by atoms with Gasteiger partial charge >= 0.3 is 6.18 Å². The highest BCUT2D eigenvalue weighted by Crippen LogP contribution is 2.32. The van der Waals surface area contributed by atoms with Crippen LogP contribution in [0, 0.1) is 6.92 Å². The third-order valence-corrected chi connectivity index (χ3v) is 3.60. The number of carbonyl (C=O) groups is 1. The Labute approximate surface area is 127 Å². The summed E-state index contributed by atoms with van der Waals surface area (Å²) in [6, 6.07) is 6.18. The van der Waals surface area contributed by atoms with E-state index in [4.69, 9.17) is 0 Å². The molecule has 1 amide bonds. The lowest BCUT2D eigenvalue weighted by molar-refractivity contribution is -0.137. The number of nitrogens with one attached hydrogen (secondary N) is 1. The van der Waals surface area contributed by atoms with Gasteiger partial charge in [-0.05, 0) is 46.6 Å². The number of nitrogens with zero attached hydrogens (tertiary/aromatic N) is 1. The molecule has 0 spiro atoms. The van der Waals surface area contributed by atoms with Gasteiger partial charge < -0.3 is 5.32 Å². The van der Waals surface area contributed by atoms with Crippen molar-refractivity contribution in [2.45, 2.75) is 13.1 Å². The number of halogens is 4. The van der Waals surface area contributed by atoms with Crippen LogP contribution in [0.1, 0.15) is 21.5 Å². The first kappa shape index (κ1) is 15.5. The first-order valence-electron chi connectivity index (χ1n) is 5.89. The summed E-state index contributed by atoms with van der Waals surface area (Å²) in [6.45, 7) is 1.78. The molecule has 3 nitrogen and oxygen atoms in total. The Morgan fingerprint density at radius 2 is 1.95 bits per heavy atom. The van der Waals surface area contributed by atoms with Gasteiger partial charge in [-0.25, -0.2) is 4.98 Å². The van der Waals surface area contributed by atoms with Crippen LogP contribution in [0.5, 0.6) is 0 Å². The number of aryl methyl sites for hydroxylation is 1. The van der Waals surface area contributed by atoms with E-state index in [9.17, 15) is 18.0 Å². The van der Waals surface area contributed by atoms with E-state index in [2.05, 4.69) is 26.2 Å². The van der Waals surface area contributed by atoms with Gasteiger partial charge in [-0.15, -0.1) is 0 Å². The first-order chi connectivity index (χ1) is 9.79. The lowest BCUT2D eigenvalue weighted by Gasteiger charge is -2.12. The third kappa shape index (κ3) is 3.60. The van der Waals surface area contributed by atoms with Gasteiger partial charge in [0.05, 0.1) is 11.1 Å². The number of amides is 1. The van der Waals surface area contributed by atoms with Crippen molar-refractivity contribution in [1.82, 2.24) is 4.98 Å². The normalized spacial score (nSPS) is 11.3. The average molecular weight is 359 g/mol. The lowest BCUT2D eigenvalue weighted by Crippen LogP contribution is -2.19. The monoisotopic (exact) mass is 358 g/mol. The number of pyridine rings is 1. The van der Waals surface area contributed by atoms with E-state index in [1.807, 2.05) is 0 Å². The molecule has 0 aliphatic heterocycles. The maximum Gasteiger partial charge on any atom is 0.417 e. The molecule has 0 aliphatic rings. The number of hydrogen-bond donors (Lipinski definition) is 1. The molecule has 2 rings (SSSR count). The van der Waals surface area contributed by atoms with Gasteiger partial charge in [-0.1, -0.05) is 12.1 Å². The fourth-order valence-corrected chi connectivity index (χ4v) is 1.94. The number of alkyl halides is 3. The van der Waals surface area contributed by atoms with Crippen LogP contribution in [0.2, 0.25) is 0 Å². The minimum absolute atomic E-state index is 0.192. The molecule has 7 heteroatoms. The molecule has 0 unspecified atom stereocenters. The topological polar surface area (TPSA) is 42.0 Å². The first-order valence-corrected chi connectivity index (χ1v) is 6.68. The van der Waals surface area contributed by atoms with Crippen molar-refractivity contribution in [2.24, 2.45) is 0 Å².